The van der Waals surface area contributed by atoms with Crippen molar-refractivity contribution in [3.05, 3.63) is 60.2 Å². The van der Waals surface area contributed by atoms with Gasteiger partial charge in [-0.3, -0.25) is 14.4 Å². The van der Waals surface area contributed by atoms with Crippen molar-refractivity contribution in [2.75, 3.05) is 19.6 Å². The van der Waals surface area contributed by atoms with Gasteiger partial charge in [0, 0.05) is 18.7 Å². The summed E-state index contributed by atoms with van der Waals surface area (Å²) in [4.78, 5) is 37.0. The Morgan fingerprint density at radius 1 is 0.964 bits per heavy atom. The van der Waals surface area contributed by atoms with E-state index in [0.717, 1.165) is 0 Å². The van der Waals surface area contributed by atoms with E-state index in [9.17, 15) is 14.4 Å². The summed E-state index contributed by atoms with van der Waals surface area (Å²) in [5.74, 6) is -0.450. The van der Waals surface area contributed by atoms with E-state index >= 15 is 0 Å². The molecule has 146 valence electrons. The fourth-order valence-electron chi connectivity index (χ4n) is 3.04. The van der Waals surface area contributed by atoms with Crippen molar-refractivity contribution in [1.82, 2.24) is 10.2 Å². The fourth-order valence-corrected chi connectivity index (χ4v) is 3.04. The molecule has 2 N–H and O–H groups in total. The standard InChI is InChI=1S/C21H22N2O5/c24-19(23-12-10-16(11-13-23)21(26)27)14-22-20(25)15-6-8-18(9-7-15)28-17-4-2-1-3-5-17/h1-9,16H,10-14H2,(H,22,25)(H,26,27). The third kappa shape index (κ3) is 5.09. The van der Waals surface area contributed by atoms with Crippen LogP contribution in [0.1, 0.15) is 23.2 Å². The number of hydrogen-bond acceptors (Lipinski definition) is 4. The molecule has 0 radical (unpaired) electrons. The van der Waals surface area contributed by atoms with Crippen LogP contribution in [0.5, 0.6) is 11.5 Å². The third-order valence-electron chi connectivity index (χ3n) is 4.69. The van der Waals surface area contributed by atoms with E-state index < -0.39 is 11.9 Å². The number of rotatable bonds is 6. The quantitative estimate of drug-likeness (QED) is 0.800. The molecule has 2 aromatic carbocycles. The Bertz CT molecular complexity index is 828. The molecule has 7 nitrogen and oxygen atoms in total. The molecule has 28 heavy (non-hydrogen) atoms. The average molecular weight is 382 g/mol. The molecule has 2 amide bonds. The average Bonchev–Trinajstić information content (AvgIpc) is 2.73. The Hall–Kier alpha value is -3.35. The summed E-state index contributed by atoms with van der Waals surface area (Å²) in [6.45, 7) is 0.688. The number of para-hydroxylation sites is 1. The zero-order chi connectivity index (χ0) is 19.9. The molecule has 0 aromatic heterocycles. The summed E-state index contributed by atoms with van der Waals surface area (Å²) >= 11 is 0. The lowest BCUT2D eigenvalue weighted by molar-refractivity contribution is -0.145. The SMILES string of the molecule is O=C(NCC(=O)N1CCC(C(=O)O)CC1)c1ccc(Oc2ccccc2)cc1. The van der Waals surface area contributed by atoms with Crippen LogP contribution in [0.25, 0.3) is 0 Å². The van der Waals surface area contributed by atoms with Gasteiger partial charge in [0.1, 0.15) is 11.5 Å². The molecule has 3 rings (SSSR count). The number of piperidine rings is 1. The van der Waals surface area contributed by atoms with Crippen LogP contribution < -0.4 is 10.1 Å². The lowest BCUT2D eigenvalue weighted by Crippen LogP contribution is -2.45. The summed E-state index contributed by atoms with van der Waals surface area (Å²) in [6, 6.07) is 16.0. The van der Waals surface area contributed by atoms with Crippen LogP contribution in [0.3, 0.4) is 0 Å². The number of ether oxygens (including phenoxy) is 1. The van der Waals surface area contributed by atoms with E-state index in [4.69, 9.17) is 9.84 Å². The summed E-state index contributed by atoms with van der Waals surface area (Å²) < 4.78 is 5.68. The second-order valence-electron chi connectivity index (χ2n) is 6.62. The summed E-state index contributed by atoms with van der Waals surface area (Å²) in [5.41, 5.74) is 0.429. The van der Waals surface area contributed by atoms with Gasteiger partial charge in [0.2, 0.25) is 5.91 Å². The maximum Gasteiger partial charge on any atom is 0.306 e. The minimum atomic E-state index is -0.819. The van der Waals surface area contributed by atoms with Crippen LogP contribution in [-0.4, -0.2) is 47.4 Å². The van der Waals surface area contributed by atoms with Crippen LogP contribution in [0.2, 0.25) is 0 Å². The second-order valence-corrected chi connectivity index (χ2v) is 6.62. The molecule has 2 aromatic rings. The maximum absolute atomic E-state index is 12.2. The number of nitrogens with zero attached hydrogens (tertiary/aromatic N) is 1. The van der Waals surface area contributed by atoms with Gasteiger partial charge in [-0.2, -0.15) is 0 Å². The highest BCUT2D eigenvalue weighted by Crippen LogP contribution is 2.21. The largest absolute Gasteiger partial charge is 0.481 e. The van der Waals surface area contributed by atoms with Gasteiger partial charge in [0.05, 0.1) is 12.5 Å². The first-order valence-corrected chi connectivity index (χ1v) is 9.14. The molecule has 0 aliphatic carbocycles. The molecule has 0 spiro atoms. The number of carboxylic acids is 1. The van der Waals surface area contributed by atoms with Crippen molar-refractivity contribution in [3.8, 4) is 11.5 Å². The van der Waals surface area contributed by atoms with E-state index in [1.807, 2.05) is 30.3 Å². The zero-order valence-electron chi connectivity index (χ0n) is 15.3. The number of carbonyl (C=O) groups excluding carboxylic acids is 2. The van der Waals surface area contributed by atoms with Crippen LogP contribution in [0, 0.1) is 5.92 Å². The first-order valence-electron chi connectivity index (χ1n) is 9.14. The molecule has 0 bridgehead atoms. The smallest absolute Gasteiger partial charge is 0.306 e. The molecule has 1 fully saturated rings. The third-order valence-corrected chi connectivity index (χ3v) is 4.69. The lowest BCUT2D eigenvalue weighted by Gasteiger charge is -2.30. The Morgan fingerprint density at radius 3 is 2.18 bits per heavy atom. The van der Waals surface area contributed by atoms with Gasteiger partial charge in [0.15, 0.2) is 0 Å². The molecule has 1 heterocycles. The lowest BCUT2D eigenvalue weighted by atomic mass is 9.97. The highest BCUT2D eigenvalue weighted by Gasteiger charge is 2.26. The van der Waals surface area contributed by atoms with E-state index in [2.05, 4.69) is 5.32 Å². The fraction of sp³-hybridized carbons (Fsp3) is 0.286. The van der Waals surface area contributed by atoms with Crippen molar-refractivity contribution in [3.63, 3.8) is 0 Å². The van der Waals surface area contributed by atoms with Crippen LogP contribution in [0.15, 0.2) is 54.6 Å². The highest BCUT2D eigenvalue weighted by molar-refractivity contribution is 5.96. The number of nitrogens with one attached hydrogen (secondary N) is 1. The Kier molecular flexibility index (Phi) is 6.26. The second kappa shape index (κ2) is 9.03. The number of carbonyl (C=O) groups is 3. The van der Waals surface area contributed by atoms with E-state index in [1.54, 1.807) is 29.2 Å². The van der Waals surface area contributed by atoms with Crippen molar-refractivity contribution in [2.45, 2.75) is 12.8 Å². The Balaban J connectivity index is 1.47. The number of hydrogen-bond donors (Lipinski definition) is 2. The van der Waals surface area contributed by atoms with Crippen molar-refractivity contribution < 1.29 is 24.2 Å². The number of aliphatic carboxylic acids is 1. The predicted molar refractivity (Wildman–Crippen MR) is 102 cm³/mol. The topological polar surface area (TPSA) is 95.9 Å². The molecule has 0 unspecified atom stereocenters. The molecule has 1 aliphatic heterocycles. The van der Waals surface area contributed by atoms with Gasteiger partial charge in [-0.25, -0.2) is 0 Å². The Morgan fingerprint density at radius 2 is 1.57 bits per heavy atom. The number of benzene rings is 2. The van der Waals surface area contributed by atoms with Gasteiger partial charge in [-0.1, -0.05) is 18.2 Å². The molecular formula is C21H22N2O5. The van der Waals surface area contributed by atoms with Gasteiger partial charge < -0.3 is 20.1 Å². The molecule has 7 heteroatoms. The van der Waals surface area contributed by atoms with Crippen LogP contribution in [0.4, 0.5) is 0 Å². The van der Waals surface area contributed by atoms with Gasteiger partial charge in [-0.05, 0) is 49.2 Å². The zero-order valence-corrected chi connectivity index (χ0v) is 15.3. The van der Waals surface area contributed by atoms with E-state index in [0.29, 0.717) is 43.0 Å². The van der Waals surface area contributed by atoms with Crippen LogP contribution >= 0.6 is 0 Å². The van der Waals surface area contributed by atoms with E-state index in [1.165, 1.54) is 0 Å². The Labute approximate surface area is 162 Å². The van der Waals surface area contributed by atoms with Crippen molar-refractivity contribution >= 4 is 17.8 Å². The van der Waals surface area contributed by atoms with Crippen molar-refractivity contribution in [2.24, 2.45) is 5.92 Å². The van der Waals surface area contributed by atoms with Crippen molar-refractivity contribution in [1.29, 1.82) is 0 Å². The number of likely N-dealkylation sites (tertiary alicyclic amines) is 1. The van der Waals surface area contributed by atoms with Gasteiger partial charge in [0.25, 0.3) is 5.91 Å². The number of amides is 2. The maximum atomic E-state index is 12.2. The van der Waals surface area contributed by atoms with Crippen LogP contribution in [-0.2, 0) is 9.59 Å². The van der Waals surface area contributed by atoms with E-state index in [-0.39, 0.29) is 18.4 Å². The molecule has 0 saturated carbocycles. The molecule has 0 atom stereocenters. The van der Waals surface area contributed by atoms with Gasteiger partial charge >= 0.3 is 5.97 Å². The summed E-state index contributed by atoms with van der Waals surface area (Å²) in [7, 11) is 0. The van der Waals surface area contributed by atoms with Gasteiger partial charge in [-0.15, -0.1) is 0 Å². The minimum Gasteiger partial charge on any atom is -0.481 e. The normalized spacial score (nSPS) is 14.4. The molecule has 1 saturated heterocycles. The summed E-state index contributed by atoms with van der Waals surface area (Å²) in [5, 5.41) is 11.6. The molecule has 1 aliphatic rings. The first-order chi connectivity index (χ1) is 13.5. The molecular weight excluding hydrogens is 360 g/mol. The summed E-state index contributed by atoms with van der Waals surface area (Å²) in [6.07, 6.45) is 0.885. The highest BCUT2D eigenvalue weighted by atomic mass is 16.5. The first kappa shape index (κ1) is 19.4. The monoisotopic (exact) mass is 382 g/mol. The number of carboxylic acid groups (broad SMARTS) is 1. The minimum absolute atomic E-state index is 0.112. The predicted octanol–water partition coefficient (Wildman–Crippen LogP) is 2.53.